The van der Waals surface area contributed by atoms with Gasteiger partial charge in [-0.15, -0.1) is 0 Å². The summed E-state index contributed by atoms with van der Waals surface area (Å²) >= 11 is 0. The van der Waals surface area contributed by atoms with Crippen LogP contribution in [0.4, 0.5) is 0 Å². The second kappa shape index (κ2) is 4.43. The number of ketones is 1. The van der Waals surface area contributed by atoms with Gasteiger partial charge >= 0.3 is 0 Å². The summed E-state index contributed by atoms with van der Waals surface area (Å²) in [5.41, 5.74) is -0.655. The molecule has 0 aromatic heterocycles. The molecule has 1 N–H and O–H groups in total. The largest absolute Gasteiger partial charge is 0.390 e. The molecule has 1 saturated carbocycles. The molecule has 0 aliphatic heterocycles. The van der Waals surface area contributed by atoms with Gasteiger partial charge in [0.2, 0.25) is 0 Å². The Morgan fingerprint density at radius 3 is 2.79 bits per heavy atom. The van der Waals surface area contributed by atoms with E-state index in [0.29, 0.717) is 24.5 Å². The molecule has 1 aliphatic rings. The lowest BCUT2D eigenvalue weighted by Crippen LogP contribution is -2.33. The Bertz CT molecular complexity index is 208. The van der Waals surface area contributed by atoms with Crippen molar-refractivity contribution in [2.45, 2.75) is 58.5 Å². The van der Waals surface area contributed by atoms with Crippen LogP contribution in [0.15, 0.2) is 0 Å². The molecule has 0 aromatic rings. The molecule has 2 nitrogen and oxygen atoms in total. The monoisotopic (exact) mass is 198 g/mol. The van der Waals surface area contributed by atoms with E-state index in [-0.39, 0.29) is 5.92 Å². The Balaban J connectivity index is 2.53. The third-order valence-electron chi connectivity index (χ3n) is 3.47. The average Bonchev–Trinajstić information content (AvgIpc) is 2.11. The van der Waals surface area contributed by atoms with Crippen molar-refractivity contribution < 1.29 is 9.90 Å². The molecule has 1 fully saturated rings. The van der Waals surface area contributed by atoms with Gasteiger partial charge in [-0.25, -0.2) is 0 Å². The number of carbonyl (C=O) groups excluding carboxylic acids is 1. The molecule has 1 rings (SSSR count). The number of carbonyl (C=O) groups is 1. The maximum Gasteiger partial charge on any atom is 0.136 e. The highest BCUT2D eigenvalue weighted by atomic mass is 16.3. The van der Waals surface area contributed by atoms with Gasteiger partial charge < -0.3 is 5.11 Å². The lowest BCUT2D eigenvalue weighted by atomic mass is 9.76. The predicted octanol–water partition coefficient (Wildman–Crippen LogP) is 2.54. The minimum Gasteiger partial charge on any atom is -0.390 e. The standard InChI is InChI=1S/C12H22O2/c1-4-12(3,14)8-10-7-9(2)5-6-11(10)13/h9-10,14H,4-8H2,1-3H3. The number of rotatable bonds is 3. The smallest absolute Gasteiger partial charge is 0.136 e. The van der Waals surface area contributed by atoms with Crippen molar-refractivity contribution in [2.75, 3.05) is 0 Å². The zero-order valence-corrected chi connectivity index (χ0v) is 9.55. The first-order valence-electron chi connectivity index (χ1n) is 5.69. The highest BCUT2D eigenvalue weighted by Crippen LogP contribution is 2.32. The molecule has 3 unspecified atom stereocenters. The molecule has 14 heavy (non-hydrogen) atoms. The summed E-state index contributed by atoms with van der Waals surface area (Å²) in [5.74, 6) is 1.11. The average molecular weight is 198 g/mol. The fourth-order valence-electron chi connectivity index (χ4n) is 2.20. The fraction of sp³-hybridized carbons (Fsp3) is 0.917. The molecule has 0 spiro atoms. The van der Waals surface area contributed by atoms with Crippen LogP contribution in [0.25, 0.3) is 0 Å². The first-order chi connectivity index (χ1) is 6.44. The van der Waals surface area contributed by atoms with Crippen LogP contribution in [0.2, 0.25) is 0 Å². The first-order valence-corrected chi connectivity index (χ1v) is 5.69. The number of hydrogen-bond acceptors (Lipinski definition) is 2. The molecule has 0 saturated heterocycles. The molecule has 0 bridgehead atoms. The summed E-state index contributed by atoms with van der Waals surface area (Å²) in [6.45, 7) is 6.00. The van der Waals surface area contributed by atoms with Crippen molar-refractivity contribution in [1.29, 1.82) is 0 Å². The third kappa shape index (κ3) is 3.09. The van der Waals surface area contributed by atoms with Crippen LogP contribution in [-0.4, -0.2) is 16.5 Å². The minimum absolute atomic E-state index is 0.105. The summed E-state index contributed by atoms with van der Waals surface area (Å²) in [6, 6.07) is 0. The topological polar surface area (TPSA) is 37.3 Å². The van der Waals surface area contributed by atoms with Crippen LogP contribution in [0.5, 0.6) is 0 Å². The van der Waals surface area contributed by atoms with E-state index in [1.165, 1.54) is 0 Å². The van der Waals surface area contributed by atoms with Gasteiger partial charge in [0.05, 0.1) is 5.60 Å². The number of Topliss-reactive ketones (excluding diaryl/α,β-unsaturated/α-hetero) is 1. The summed E-state index contributed by atoms with van der Waals surface area (Å²) in [7, 11) is 0. The summed E-state index contributed by atoms with van der Waals surface area (Å²) < 4.78 is 0. The molecule has 2 heteroatoms. The molecule has 0 radical (unpaired) electrons. The summed E-state index contributed by atoms with van der Waals surface area (Å²) in [5, 5.41) is 9.93. The molecule has 0 aromatic carbocycles. The lowest BCUT2D eigenvalue weighted by molar-refractivity contribution is -0.128. The van der Waals surface area contributed by atoms with E-state index in [4.69, 9.17) is 0 Å². The van der Waals surface area contributed by atoms with Gasteiger partial charge in [0.1, 0.15) is 5.78 Å². The molecule has 1 aliphatic carbocycles. The van der Waals surface area contributed by atoms with Crippen LogP contribution in [0.3, 0.4) is 0 Å². The van der Waals surface area contributed by atoms with Gasteiger partial charge in [0, 0.05) is 12.3 Å². The molecule has 0 heterocycles. The molecule has 82 valence electrons. The second-order valence-corrected chi connectivity index (χ2v) is 5.10. The number of aliphatic hydroxyl groups is 1. The van der Waals surface area contributed by atoms with E-state index in [0.717, 1.165) is 19.3 Å². The van der Waals surface area contributed by atoms with Crippen LogP contribution < -0.4 is 0 Å². The lowest BCUT2D eigenvalue weighted by Gasteiger charge is -2.31. The summed E-state index contributed by atoms with van der Waals surface area (Å²) in [4.78, 5) is 11.6. The van der Waals surface area contributed by atoms with Crippen LogP contribution in [0, 0.1) is 11.8 Å². The maximum atomic E-state index is 11.6. The summed E-state index contributed by atoms with van der Waals surface area (Å²) in [6.07, 6.45) is 4.09. The minimum atomic E-state index is -0.655. The quantitative estimate of drug-likeness (QED) is 0.756. The van der Waals surface area contributed by atoms with Crippen LogP contribution in [-0.2, 0) is 4.79 Å². The Morgan fingerprint density at radius 2 is 2.21 bits per heavy atom. The SMILES string of the molecule is CCC(C)(O)CC1CC(C)CCC1=O. The fourth-order valence-corrected chi connectivity index (χ4v) is 2.20. The molecule has 0 amide bonds. The van der Waals surface area contributed by atoms with Gasteiger partial charge in [-0.05, 0) is 38.5 Å². The normalized spacial score (nSPS) is 32.7. The first kappa shape index (κ1) is 11.7. The van der Waals surface area contributed by atoms with Crippen molar-refractivity contribution in [3.05, 3.63) is 0 Å². The van der Waals surface area contributed by atoms with Gasteiger partial charge in [-0.1, -0.05) is 13.8 Å². The van der Waals surface area contributed by atoms with Crippen molar-refractivity contribution in [3.8, 4) is 0 Å². The molecular weight excluding hydrogens is 176 g/mol. The highest BCUT2D eigenvalue weighted by molar-refractivity contribution is 5.81. The number of hydrogen-bond donors (Lipinski definition) is 1. The Kier molecular flexibility index (Phi) is 3.71. The Hall–Kier alpha value is -0.370. The van der Waals surface area contributed by atoms with E-state index < -0.39 is 5.60 Å². The van der Waals surface area contributed by atoms with Crippen LogP contribution >= 0.6 is 0 Å². The van der Waals surface area contributed by atoms with Crippen LogP contribution in [0.1, 0.15) is 52.9 Å². The van der Waals surface area contributed by atoms with E-state index in [2.05, 4.69) is 6.92 Å². The van der Waals surface area contributed by atoms with Gasteiger partial charge in [0.25, 0.3) is 0 Å². The van der Waals surface area contributed by atoms with E-state index in [9.17, 15) is 9.90 Å². The van der Waals surface area contributed by atoms with E-state index in [1.807, 2.05) is 13.8 Å². The van der Waals surface area contributed by atoms with Crippen molar-refractivity contribution in [2.24, 2.45) is 11.8 Å². The molecular formula is C12H22O2. The van der Waals surface area contributed by atoms with E-state index >= 15 is 0 Å². The maximum absolute atomic E-state index is 11.6. The van der Waals surface area contributed by atoms with E-state index in [1.54, 1.807) is 0 Å². The van der Waals surface area contributed by atoms with Crippen molar-refractivity contribution >= 4 is 5.78 Å². The van der Waals surface area contributed by atoms with Gasteiger partial charge in [-0.3, -0.25) is 4.79 Å². The van der Waals surface area contributed by atoms with Crippen molar-refractivity contribution in [3.63, 3.8) is 0 Å². The Morgan fingerprint density at radius 1 is 1.57 bits per heavy atom. The van der Waals surface area contributed by atoms with Gasteiger partial charge in [0.15, 0.2) is 0 Å². The van der Waals surface area contributed by atoms with Crippen molar-refractivity contribution in [1.82, 2.24) is 0 Å². The Labute approximate surface area is 86.7 Å². The third-order valence-corrected chi connectivity index (χ3v) is 3.47. The zero-order chi connectivity index (χ0) is 10.8. The second-order valence-electron chi connectivity index (χ2n) is 5.10. The molecule has 3 atom stereocenters. The predicted molar refractivity (Wildman–Crippen MR) is 57.0 cm³/mol. The highest BCUT2D eigenvalue weighted by Gasteiger charge is 2.31. The zero-order valence-electron chi connectivity index (χ0n) is 9.55. The van der Waals surface area contributed by atoms with Gasteiger partial charge in [-0.2, -0.15) is 0 Å².